The van der Waals surface area contributed by atoms with E-state index in [0.29, 0.717) is 24.4 Å². The lowest BCUT2D eigenvalue weighted by Gasteiger charge is -2.28. The van der Waals surface area contributed by atoms with Gasteiger partial charge in [-0.2, -0.15) is 0 Å². The molecule has 2 saturated carbocycles. The lowest BCUT2D eigenvalue weighted by atomic mass is 9.93. The maximum Gasteiger partial charge on any atom is 0.240 e. The number of carbonyl (C=O) groups is 1. The summed E-state index contributed by atoms with van der Waals surface area (Å²) in [6.07, 6.45) is 7.93. The van der Waals surface area contributed by atoms with Gasteiger partial charge in [0.1, 0.15) is 0 Å². The van der Waals surface area contributed by atoms with Crippen LogP contribution in [0.2, 0.25) is 0 Å². The first-order valence-electron chi connectivity index (χ1n) is 8.27. The van der Waals surface area contributed by atoms with Gasteiger partial charge in [0.05, 0.1) is 18.3 Å². The van der Waals surface area contributed by atoms with Gasteiger partial charge in [0.2, 0.25) is 5.91 Å². The highest BCUT2D eigenvalue weighted by atomic mass is 16.2. The number of fused-ring (bicyclic) bond motifs is 1. The highest BCUT2D eigenvalue weighted by Gasteiger charge is 2.46. The molecule has 4 rings (SSSR count). The average molecular weight is 285 g/mol. The zero-order chi connectivity index (χ0) is 14.2. The average Bonchev–Trinajstić information content (AvgIpc) is 3.10. The van der Waals surface area contributed by atoms with Crippen molar-refractivity contribution in [3.05, 3.63) is 30.1 Å². The van der Waals surface area contributed by atoms with Crippen LogP contribution in [0.1, 0.15) is 37.8 Å². The Bertz CT molecular complexity index is 514. The molecule has 1 saturated heterocycles. The monoisotopic (exact) mass is 285 g/mol. The van der Waals surface area contributed by atoms with E-state index >= 15 is 0 Å². The molecule has 1 aromatic heterocycles. The Labute approximate surface area is 125 Å². The zero-order valence-electron chi connectivity index (χ0n) is 12.4. The van der Waals surface area contributed by atoms with Gasteiger partial charge in [0.15, 0.2) is 0 Å². The summed E-state index contributed by atoms with van der Waals surface area (Å²) in [6, 6.07) is 6.44. The maximum absolute atomic E-state index is 13.0. The fraction of sp³-hybridized carbons (Fsp3) is 0.647. The smallest absolute Gasteiger partial charge is 0.240 e. The number of nitrogens with zero attached hydrogens (tertiary/aromatic N) is 2. The number of aromatic nitrogens is 1. The largest absolute Gasteiger partial charge is 0.332 e. The van der Waals surface area contributed by atoms with Crippen LogP contribution in [-0.4, -0.2) is 34.4 Å². The second-order valence-electron chi connectivity index (χ2n) is 6.76. The van der Waals surface area contributed by atoms with Crippen molar-refractivity contribution >= 4 is 5.91 Å². The van der Waals surface area contributed by atoms with Gasteiger partial charge in [-0.25, -0.2) is 0 Å². The van der Waals surface area contributed by atoms with Crippen LogP contribution in [0, 0.1) is 11.8 Å². The lowest BCUT2D eigenvalue weighted by molar-refractivity contribution is -0.135. The predicted molar refractivity (Wildman–Crippen MR) is 80.4 cm³/mol. The van der Waals surface area contributed by atoms with E-state index in [1.165, 1.54) is 19.3 Å². The molecule has 4 nitrogen and oxygen atoms in total. The molecule has 4 heteroatoms. The molecule has 0 radical (unpaired) electrons. The summed E-state index contributed by atoms with van der Waals surface area (Å²) in [6.45, 7) is 1.70. The van der Waals surface area contributed by atoms with Crippen molar-refractivity contribution in [1.29, 1.82) is 0 Å². The molecule has 0 spiro atoms. The van der Waals surface area contributed by atoms with Crippen LogP contribution in [0.3, 0.4) is 0 Å². The second-order valence-corrected chi connectivity index (χ2v) is 6.76. The summed E-state index contributed by atoms with van der Waals surface area (Å²) < 4.78 is 0. The molecule has 1 amide bonds. The maximum atomic E-state index is 13.0. The summed E-state index contributed by atoms with van der Waals surface area (Å²) >= 11 is 0. The van der Waals surface area contributed by atoms with Crippen molar-refractivity contribution in [3.63, 3.8) is 0 Å². The number of rotatable bonds is 4. The molecule has 0 aromatic carbocycles. The Morgan fingerprint density at radius 1 is 1.29 bits per heavy atom. The summed E-state index contributed by atoms with van der Waals surface area (Å²) in [7, 11) is 0. The molecule has 1 aliphatic heterocycles. The molecular weight excluding hydrogens is 262 g/mol. The number of hydrogen-bond acceptors (Lipinski definition) is 3. The molecule has 1 N–H and O–H groups in total. The van der Waals surface area contributed by atoms with E-state index in [1.807, 2.05) is 24.4 Å². The quantitative estimate of drug-likeness (QED) is 0.920. The number of nitrogens with one attached hydrogen (secondary N) is 1. The minimum absolute atomic E-state index is 0.0572. The van der Waals surface area contributed by atoms with Crippen molar-refractivity contribution in [3.8, 4) is 0 Å². The summed E-state index contributed by atoms with van der Waals surface area (Å²) in [4.78, 5) is 19.5. The van der Waals surface area contributed by atoms with Crippen molar-refractivity contribution < 1.29 is 4.79 Å². The first-order chi connectivity index (χ1) is 10.3. The SMILES string of the molecule is O=C(C1NCC2CCCC21)N(Cc1ccccn1)C1CC1. The summed E-state index contributed by atoms with van der Waals surface area (Å²) in [5.74, 6) is 1.62. The minimum Gasteiger partial charge on any atom is -0.332 e. The van der Waals surface area contributed by atoms with Gasteiger partial charge in [-0.15, -0.1) is 0 Å². The van der Waals surface area contributed by atoms with Crippen LogP contribution in [-0.2, 0) is 11.3 Å². The normalized spacial score (nSPS) is 31.1. The number of pyridine rings is 1. The van der Waals surface area contributed by atoms with E-state index in [2.05, 4.69) is 15.2 Å². The fourth-order valence-corrected chi connectivity index (χ4v) is 4.08. The molecule has 3 aliphatic rings. The van der Waals surface area contributed by atoms with Crippen LogP contribution < -0.4 is 5.32 Å². The van der Waals surface area contributed by atoms with Crippen molar-refractivity contribution in [2.45, 2.75) is 50.7 Å². The lowest BCUT2D eigenvalue weighted by Crippen LogP contribution is -2.47. The fourth-order valence-electron chi connectivity index (χ4n) is 4.08. The topological polar surface area (TPSA) is 45.2 Å². The van der Waals surface area contributed by atoms with Crippen LogP contribution in [0.25, 0.3) is 0 Å². The Morgan fingerprint density at radius 3 is 2.95 bits per heavy atom. The molecule has 2 aliphatic carbocycles. The third kappa shape index (κ3) is 2.57. The van der Waals surface area contributed by atoms with Gasteiger partial charge in [0.25, 0.3) is 0 Å². The molecule has 1 aromatic rings. The summed E-state index contributed by atoms with van der Waals surface area (Å²) in [5.41, 5.74) is 0.999. The predicted octanol–water partition coefficient (Wildman–Crippen LogP) is 1.96. The van der Waals surface area contributed by atoms with Crippen molar-refractivity contribution in [1.82, 2.24) is 15.2 Å². The first-order valence-corrected chi connectivity index (χ1v) is 8.27. The molecule has 21 heavy (non-hydrogen) atoms. The standard InChI is InChI=1S/C17H23N3O/c21-17(16-15-6-3-4-12(15)10-19-16)20(14-7-8-14)11-13-5-1-2-9-18-13/h1-2,5,9,12,14-16,19H,3-4,6-8,10-11H2. The van der Waals surface area contributed by atoms with Gasteiger partial charge in [0, 0.05) is 12.2 Å². The van der Waals surface area contributed by atoms with Gasteiger partial charge >= 0.3 is 0 Å². The first kappa shape index (κ1) is 13.3. The van der Waals surface area contributed by atoms with Gasteiger partial charge in [-0.3, -0.25) is 9.78 Å². The molecule has 3 fully saturated rings. The van der Waals surface area contributed by atoms with Gasteiger partial charge in [-0.1, -0.05) is 12.5 Å². The highest BCUT2D eigenvalue weighted by molar-refractivity contribution is 5.83. The molecule has 2 heterocycles. The molecule has 112 valence electrons. The molecule has 0 bridgehead atoms. The van der Waals surface area contributed by atoms with Crippen molar-refractivity contribution in [2.24, 2.45) is 11.8 Å². The summed E-state index contributed by atoms with van der Waals surface area (Å²) in [5, 5.41) is 3.50. The Kier molecular flexibility index (Phi) is 3.42. The van der Waals surface area contributed by atoms with E-state index < -0.39 is 0 Å². The Balaban J connectivity index is 1.50. The van der Waals surface area contributed by atoms with E-state index in [1.54, 1.807) is 0 Å². The van der Waals surface area contributed by atoms with E-state index in [9.17, 15) is 4.79 Å². The van der Waals surface area contributed by atoms with E-state index in [0.717, 1.165) is 31.0 Å². The van der Waals surface area contributed by atoms with Crippen molar-refractivity contribution in [2.75, 3.05) is 6.54 Å². The molecular formula is C17H23N3O. The Morgan fingerprint density at radius 2 is 2.19 bits per heavy atom. The third-order valence-corrected chi connectivity index (χ3v) is 5.34. The zero-order valence-corrected chi connectivity index (χ0v) is 12.4. The Hall–Kier alpha value is -1.42. The van der Waals surface area contributed by atoms with Crippen LogP contribution >= 0.6 is 0 Å². The number of amides is 1. The van der Waals surface area contributed by atoms with Crippen LogP contribution in [0.15, 0.2) is 24.4 Å². The van der Waals surface area contributed by atoms with Gasteiger partial charge < -0.3 is 10.2 Å². The second kappa shape index (κ2) is 5.41. The van der Waals surface area contributed by atoms with Gasteiger partial charge in [-0.05, 0) is 56.2 Å². The third-order valence-electron chi connectivity index (χ3n) is 5.34. The molecule has 3 atom stereocenters. The van der Waals surface area contributed by atoms with Crippen LogP contribution in [0.4, 0.5) is 0 Å². The minimum atomic E-state index is 0.0572. The van der Waals surface area contributed by atoms with E-state index in [4.69, 9.17) is 0 Å². The van der Waals surface area contributed by atoms with E-state index in [-0.39, 0.29) is 6.04 Å². The molecule has 3 unspecified atom stereocenters. The number of carbonyl (C=O) groups excluding carboxylic acids is 1. The van der Waals surface area contributed by atoms with Crippen LogP contribution in [0.5, 0.6) is 0 Å². The number of hydrogen-bond donors (Lipinski definition) is 1. The highest BCUT2D eigenvalue weighted by Crippen LogP contribution is 2.39.